The van der Waals surface area contributed by atoms with Gasteiger partial charge in [0.05, 0.1) is 6.54 Å². The molecule has 0 saturated carbocycles. The third kappa shape index (κ3) is 4.76. The number of fused-ring (bicyclic) bond motifs is 1. The molecule has 4 aromatic rings. The van der Waals surface area contributed by atoms with Gasteiger partial charge in [-0.3, -0.25) is 9.59 Å². The zero-order valence-corrected chi connectivity index (χ0v) is 18.8. The summed E-state index contributed by atoms with van der Waals surface area (Å²) < 4.78 is 0. The first-order valence-corrected chi connectivity index (χ1v) is 11.3. The Bertz CT molecular complexity index is 1320. The minimum Gasteiger partial charge on any atom is -0.342 e. The maximum atomic E-state index is 13.2. The van der Waals surface area contributed by atoms with Gasteiger partial charge in [0.1, 0.15) is 6.04 Å². The molecule has 0 bridgehead atoms. The lowest BCUT2D eigenvalue weighted by atomic mass is 9.99. The molecule has 33 heavy (non-hydrogen) atoms. The first-order valence-electron chi connectivity index (χ1n) is 11.0. The van der Waals surface area contributed by atoms with Gasteiger partial charge in [0.15, 0.2) is 0 Å². The highest BCUT2D eigenvalue weighted by molar-refractivity contribution is 6.31. The fraction of sp³-hybridized carbons (Fsp3) is 0.143. The average Bonchev–Trinajstić information content (AvgIpc) is 2.83. The summed E-state index contributed by atoms with van der Waals surface area (Å²) in [5, 5.41) is 5.66. The Hall–Kier alpha value is -3.63. The molecule has 5 heteroatoms. The van der Waals surface area contributed by atoms with E-state index in [9.17, 15) is 9.59 Å². The minimum absolute atomic E-state index is 0.0575. The van der Waals surface area contributed by atoms with Crippen molar-refractivity contribution < 1.29 is 9.59 Å². The summed E-state index contributed by atoms with van der Waals surface area (Å²) in [6.07, 6.45) is 0.451. The van der Waals surface area contributed by atoms with E-state index in [0.29, 0.717) is 18.0 Å². The molecule has 1 atom stereocenters. The lowest BCUT2D eigenvalue weighted by molar-refractivity contribution is -0.144. The van der Waals surface area contributed by atoms with Crippen molar-refractivity contribution in [1.29, 1.82) is 0 Å². The standard InChI is InChI=1S/C28H23ClN2O2/c29-25-13-12-23-14-20(8-11-24(23)16-25)15-26-28(33)31(18-27(32)30-26)17-19-6-9-22(10-7-19)21-4-2-1-3-5-21/h1-14,16,26H,15,17-18H2,(H,30,32). The van der Waals surface area contributed by atoms with Crippen molar-refractivity contribution in [3.05, 3.63) is 107 Å². The van der Waals surface area contributed by atoms with E-state index >= 15 is 0 Å². The molecule has 1 aliphatic rings. The van der Waals surface area contributed by atoms with Crippen LogP contribution in [0.3, 0.4) is 0 Å². The number of carbonyl (C=O) groups excluding carboxylic acids is 2. The predicted octanol–water partition coefficient (Wildman–Crippen LogP) is 5.23. The molecule has 0 radical (unpaired) electrons. The topological polar surface area (TPSA) is 49.4 Å². The van der Waals surface area contributed by atoms with Crippen molar-refractivity contribution in [2.45, 2.75) is 19.0 Å². The van der Waals surface area contributed by atoms with Crippen molar-refractivity contribution in [1.82, 2.24) is 10.2 Å². The summed E-state index contributed by atoms with van der Waals surface area (Å²) in [6.45, 7) is 0.486. The molecular formula is C28H23ClN2O2. The van der Waals surface area contributed by atoms with Gasteiger partial charge in [-0.15, -0.1) is 0 Å². The van der Waals surface area contributed by atoms with E-state index in [2.05, 4.69) is 29.6 Å². The summed E-state index contributed by atoms with van der Waals surface area (Å²) in [5.74, 6) is -0.189. The van der Waals surface area contributed by atoms with E-state index < -0.39 is 6.04 Å². The number of rotatable bonds is 5. The Labute approximate surface area is 197 Å². The van der Waals surface area contributed by atoms with Crippen LogP contribution < -0.4 is 5.32 Å². The van der Waals surface area contributed by atoms with Crippen molar-refractivity contribution >= 4 is 34.2 Å². The molecule has 164 valence electrons. The number of piperazine rings is 1. The molecule has 4 nitrogen and oxygen atoms in total. The molecule has 0 spiro atoms. The molecule has 1 aliphatic heterocycles. The van der Waals surface area contributed by atoms with Crippen molar-refractivity contribution in [3.8, 4) is 11.1 Å². The molecule has 1 N–H and O–H groups in total. The lowest BCUT2D eigenvalue weighted by Crippen LogP contribution is -2.58. The Morgan fingerprint density at radius 3 is 2.24 bits per heavy atom. The second-order valence-electron chi connectivity index (χ2n) is 8.41. The lowest BCUT2D eigenvalue weighted by Gasteiger charge is -2.32. The first kappa shape index (κ1) is 21.2. The van der Waals surface area contributed by atoms with Crippen LogP contribution in [0.1, 0.15) is 11.1 Å². The summed E-state index contributed by atoms with van der Waals surface area (Å²) in [6, 6.07) is 29.5. The van der Waals surface area contributed by atoms with Crippen LogP contribution in [-0.4, -0.2) is 29.3 Å². The largest absolute Gasteiger partial charge is 0.342 e. The molecule has 0 aromatic heterocycles. The molecule has 2 amide bonds. The van der Waals surface area contributed by atoms with Crippen LogP contribution in [0.5, 0.6) is 0 Å². The molecule has 4 aromatic carbocycles. The third-order valence-corrected chi connectivity index (χ3v) is 6.26. The Balaban J connectivity index is 1.30. The van der Waals surface area contributed by atoms with Gasteiger partial charge in [-0.05, 0) is 45.2 Å². The van der Waals surface area contributed by atoms with Crippen LogP contribution in [0, 0.1) is 0 Å². The zero-order chi connectivity index (χ0) is 22.8. The van der Waals surface area contributed by atoms with Crippen LogP contribution in [0.4, 0.5) is 0 Å². The second-order valence-corrected chi connectivity index (χ2v) is 8.84. The second kappa shape index (κ2) is 9.08. The molecule has 5 rings (SSSR count). The zero-order valence-electron chi connectivity index (χ0n) is 18.0. The van der Waals surface area contributed by atoms with Gasteiger partial charge in [0.25, 0.3) is 0 Å². The van der Waals surface area contributed by atoms with Crippen LogP contribution in [0.25, 0.3) is 21.9 Å². The normalized spacial score (nSPS) is 16.2. The van der Waals surface area contributed by atoms with Gasteiger partial charge >= 0.3 is 0 Å². The number of nitrogens with one attached hydrogen (secondary N) is 1. The molecule has 1 heterocycles. The number of benzene rings is 4. The smallest absolute Gasteiger partial charge is 0.246 e. The summed E-state index contributed by atoms with van der Waals surface area (Å²) >= 11 is 6.07. The Morgan fingerprint density at radius 1 is 0.788 bits per heavy atom. The van der Waals surface area contributed by atoms with Crippen molar-refractivity contribution in [2.24, 2.45) is 0 Å². The first-order chi connectivity index (χ1) is 16.0. The maximum Gasteiger partial charge on any atom is 0.246 e. The van der Waals surface area contributed by atoms with Crippen LogP contribution in [-0.2, 0) is 22.6 Å². The monoisotopic (exact) mass is 454 g/mol. The highest BCUT2D eigenvalue weighted by atomic mass is 35.5. The highest BCUT2D eigenvalue weighted by Gasteiger charge is 2.32. The van der Waals surface area contributed by atoms with E-state index in [1.165, 1.54) is 0 Å². The van der Waals surface area contributed by atoms with E-state index in [1.807, 2.05) is 66.7 Å². The number of halogens is 1. The Morgan fingerprint density at radius 2 is 1.45 bits per heavy atom. The van der Waals surface area contributed by atoms with Crippen molar-refractivity contribution in [3.63, 3.8) is 0 Å². The number of hydrogen-bond acceptors (Lipinski definition) is 2. The SMILES string of the molecule is O=C1CN(Cc2ccc(-c3ccccc3)cc2)C(=O)C(Cc2ccc3cc(Cl)ccc3c2)N1. The molecule has 1 fully saturated rings. The van der Waals surface area contributed by atoms with E-state index in [4.69, 9.17) is 11.6 Å². The van der Waals surface area contributed by atoms with Crippen LogP contribution in [0.15, 0.2) is 91.0 Å². The molecule has 0 aliphatic carbocycles. The summed E-state index contributed by atoms with van der Waals surface area (Å²) in [4.78, 5) is 27.2. The van der Waals surface area contributed by atoms with Gasteiger partial charge in [-0.2, -0.15) is 0 Å². The average molecular weight is 455 g/mol. The van der Waals surface area contributed by atoms with E-state index in [-0.39, 0.29) is 18.4 Å². The number of hydrogen-bond donors (Lipinski definition) is 1. The third-order valence-electron chi connectivity index (χ3n) is 6.02. The van der Waals surface area contributed by atoms with Crippen molar-refractivity contribution in [2.75, 3.05) is 6.54 Å². The Kier molecular flexibility index (Phi) is 5.84. The van der Waals surface area contributed by atoms with Gasteiger partial charge < -0.3 is 10.2 Å². The summed E-state index contributed by atoms with van der Waals surface area (Å²) in [5.41, 5.74) is 4.27. The predicted molar refractivity (Wildman–Crippen MR) is 132 cm³/mol. The molecular weight excluding hydrogens is 432 g/mol. The van der Waals surface area contributed by atoms with Gasteiger partial charge in [0, 0.05) is 18.0 Å². The summed E-state index contributed by atoms with van der Waals surface area (Å²) in [7, 11) is 0. The number of amides is 2. The van der Waals surface area contributed by atoms with Gasteiger partial charge in [-0.25, -0.2) is 0 Å². The number of carbonyl (C=O) groups is 2. The molecule has 1 saturated heterocycles. The quantitative estimate of drug-likeness (QED) is 0.449. The minimum atomic E-state index is -0.570. The number of nitrogens with zero attached hydrogens (tertiary/aromatic N) is 1. The maximum absolute atomic E-state index is 13.2. The van der Waals surface area contributed by atoms with Gasteiger partial charge in [0.2, 0.25) is 11.8 Å². The molecule has 1 unspecified atom stereocenters. The fourth-order valence-corrected chi connectivity index (χ4v) is 4.51. The highest BCUT2D eigenvalue weighted by Crippen LogP contribution is 2.23. The van der Waals surface area contributed by atoms with Crippen LogP contribution >= 0.6 is 11.6 Å². The van der Waals surface area contributed by atoms with Gasteiger partial charge in [-0.1, -0.05) is 90.5 Å². The van der Waals surface area contributed by atoms with Crippen LogP contribution in [0.2, 0.25) is 5.02 Å². The van der Waals surface area contributed by atoms with E-state index in [1.54, 1.807) is 4.90 Å². The van der Waals surface area contributed by atoms with E-state index in [0.717, 1.165) is 33.0 Å². The fourth-order valence-electron chi connectivity index (χ4n) is 4.33.